The predicted octanol–water partition coefficient (Wildman–Crippen LogP) is 13.3. The molecule has 85 heavy (non-hydrogen) atoms. The summed E-state index contributed by atoms with van der Waals surface area (Å²) in [6.45, 7) is 7.36. The van der Waals surface area contributed by atoms with Gasteiger partial charge in [-0.3, -0.25) is 14.4 Å². The van der Waals surface area contributed by atoms with Crippen molar-refractivity contribution >= 4 is 17.7 Å². The van der Waals surface area contributed by atoms with E-state index >= 15 is 0 Å². The van der Waals surface area contributed by atoms with Gasteiger partial charge in [-0.2, -0.15) is 0 Å². The van der Waals surface area contributed by atoms with Gasteiger partial charge in [-0.05, 0) is 93.4 Å². The smallest absolute Gasteiger partial charge is 0.249 e. The van der Waals surface area contributed by atoms with Gasteiger partial charge >= 0.3 is 0 Å². The highest BCUT2D eigenvalue weighted by atomic mass is 16.5. The molecule has 3 saturated heterocycles. The first-order chi connectivity index (χ1) is 41.7. The maximum atomic E-state index is 12.4. The molecule has 0 radical (unpaired) electrons. The molecule has 0 bridgehead atoms. The molecule has 3 fully saturated rings. The predicted molar refractivity (Wildman–Crippen MR) is 328 cm³/mol. The second-order valence-electron chi connectivity index (χ2n) is 21.4. The first kappa shape index (κ1) is 58.9. The van der Waals surface area contributed by atoms with Gasteiger partial charge in [-0.1, -0.05) is 218 Å². The van der Waals surface area contributed by atoms with Gasteiger partial charge in [0.1, 0.15) is 74.7 Å². The van der Waals surface area contributed by atoms with Crippen LogP contribution < -0.4 is 14.2 Å². The monoisotopic (exact) mass is 1130 g/mol. The molecule has 3 unspecified atom stereocenters. The third-order valence-electron chi connectivity index (χ3n) is 15.0. The van der Waals surface area contributed by atoms with Gasteiger partial charge in [0.2, 0.25) is 17.7 Å². The van der Waals surface area contributed by atoms with Gasteiger partial charge in [0, 0.05) is 19.6 Å². The maximum Gasteiger partial charge on any atom is 0.249 e. The molecule has 0 spiro atoms. The van der Waals surface area contributed by atoms with Crippen molar-refractivity contribution in [2.45, 2.75) is 64.2 Å². The Bertz CT molecular complexity index is 3490. The zero-order chi connectivity index (χ0) is 58.5. The Kier molecular flexibility index (Phi) is 20.6. The highest BCUT2D eigenvalue weighted by Crippen LogP contribution is 2.33. The Hall–Kier alpha value is -9.33. The van der Waals surface area contributed by atoms with Crippen LogP contribution in [-0.4, -0.2) is 71.9 Å². The van der Waals surface area contributed by atoms with E-state index in [0.29, 0.717) is 59.1 Å². The van der Waals surface area contributed by atoms with Gasteiger partial charge in [0.25, 0.3) is 0 Å². The summed E-state index contributed by atoms with van der Waals surface area (Å²) in [5.74, 6) is 2.51. The van der Waals surface area contributed by atoms with E-state index in [1.807, 2.05) is 276 Å². The van der Waals surface area contributed by atoms with E-state index in [4.69, 9.17) is 28.4 Å². The van der Waals surface area contributed by atoms with Crippen molar-refractivity contribution in [1.82, 2.24) is 14.7 Å². The standard InChI is InChI=1S/C25H25NO3.2C24H23NO3/c1-25(19-26(24(27)18-29-25)16-20-8-4-2-5-9-20)22-12-14-23(15-13-22)28-17-21-10-6-3-7-11-21;26-24-18-28-23(16-25(24)15-19-8-3-1-4-9-19)21-12-7-13-22(14-21)27-17-20-10-5-2-6-11-20;26-24-18-28-23(16-25(24)15-19-7-3-1-4-8-19)21-11-13-22(14-12-21)27-17-20-9-5-2-6-10-20/h2-15H,16-19H2,1H3;2*1-14,23H,15-18H2. The second kappa shape index (κ2) is 29.8. The van der Waals surface area contributed by atoms with Crippen LogP contribution in [0.1, 0.15) is 69.2 Å². The van der Waals surface area contributed by atoms with Crippen molar-refractivity contribution < 1.29 is 42.8 Å². The second-order valence-corrected chi connectivity index (χ2v) is 21.4. The Morgan fingerprint density at radius 3 is 1.18 bits per heavy atom. The van der Waals surface area contributed by atoms with E-state index in [2.05, 4.69) is 0 Å². The van der Waals surface area contributed by atoms with E-state index < -0.39 is 5.60 Å². The van der Waals surface area contributed by atoms with E-state index in [9.17, 15) is 14.4 Å². The molecule has 0 saturated carbocycles. The molecule has 12 rings (SSSR count). The van der Waals surface area contributed by atoms with E-state index in [1.165, 1.54) is 0 Å². The summed E-state index contributed by atoms with van der Waals surface area (Å²) in [5.41, 5.74) is 9.34. The summed E-state index contributed by atoms with van der Waals surface area (Å²) in [4.78, 5) is 42.5. The number of morpholine rings is 3. The minimum atomic E-state index is -0.541. The fourth-order valence-corrected chi connectivity index (χ4v) is 10.2. The minimum absolute atomic E-state index is 0.0224. The van der Waals surface area contributed by atoms with E-state index in [0.717, 1.165) is 67.3 Å². The lowest BCUT2D eigenvalue weighted by Gasteiger charge is -2.40. The number of rotatable bonds is 18. The molecule has 3 atom stereocenters. The lowest BCUT2D eigenvalue weighted by atomic mass is 9.93. The highest BCUT2D eigenvalue weighted by molar-refractivity contribution is 5.79. The molecule has 3 aliphatic heterocycles. The summed E-state index contributed by atoms with van der Waals surface area (Å²) < 4.78 is 35.2. The molecular weight excluding hydrogens is 1060 g/mol. The van der Waals surface area contributed by atoms with Crippen LogP contribution in [0.15, 0.2) is 255 Å². The van der Waals surface area contributed by atoms with Crippen molar-refractivity contribution in [1.29, 1.82) is 0 Å². The fourth-order valence-electron chi connectivity index (χ4n) is 10.2. The van der Waals surface area contributed by atoms with Gasteiger partial charge in [-0.25, -0.2) is 0 Å². The molecule has 12 heteroatoms. The van der Waals surface area contributed by atoms with Gasteiger partial charge in [-0.15, -0.1) is 0 Å². The number of benzene rings is 9. The first-order valence-electron chi connectivity index (χ1n) is 28.8. The third kappa shape index (κ3) is 17.4. The Morgan fingerprint density at radius 1 is 0.376 bits per heavy atom. The molecule has 0 aliphatic carbocycles. The van der Waals surface area contributed by atoms with Crippen LogP contribution in [0.2, 0.25) is 0 Å². The number of hydrogen-bond donors (Lipinski definition) is 0. The van der Waals surface area contributed by atoms with Crippen molar-refractivity contribution in [2.75, 3.05) is 39.5 Å². The molecule has 9 aromatic rings. The van der Waals surface area contributed by atoms with Crippen LogP contribution in [-0.2, 0) is 73.7 Å². The number of hydrogen-bond acceptors (Lipinski definition) is 9. The Morgan fingerprint density at radius 2 is 0.741 bits per heavy atom. The van der Waals surface area contributed by atoms with Crippen LogP contribution in [0.3, 0.4) is 0 Å². The molecule has 0 N–H and O–H groups in total. The molecular formula is C73H71N3O9. The lowest BCUT2D eigenvalue weighted by Crippen LogP contribution is -2.50. The molecule has 0 aromatic heterocycles. The van der Waals surface area contributed by atoms with Crippen LogP contribution in [0, 0.1) is 0 Å². The molecule has 3 aliphatic rings. The maximum absolute atomic E-state index is 12.4. The molecule has 9 aromatic carbocycles. The van der Waals surface area contributed by atoms with Crippen LogP contribution >= 0.6 is 0 Å². The number of amides is 3. The SMILES string of the molecule is CC1(c2ccc(OCc3ccccc3)cc2)CN(Cc2ccccc2)C(=O)CO1.O=C1COC(c2ccc(OCc3ccccc3)cc2)CN1Cc1ccccc1.O=C1COC(c2cccc(OCc3ccccc3)c2)CN1Cc1ccccc1. The van der Waals surface area contributed by atoms with E-state index in [-0.39, 0.29) is 49.8 Å². The summed E-state index contributed by atoms with van der Waals surface area (Å²) in [6, 6.07) is 84.3. The zero-order valence-corrected chi connectivity index (χ0v) is 47.9. The van der Waals surface area contributed by atoms with Crippen LogP contribution in [0.5, 0.6) is 17.2 Å². The third-order valence-corrected chi connectivity index (χ3v) is 15.0. The molecule has 432 valence electrons. The Labute approximate surface area is 498 Å². The number of carbonyl (C=O) groups excluding carboxylic acids is 3. The summed E-state index contributed by atoms with van der Waals surface area (Å²) >= 11 is 0. The van der Waals surface area contributed by atoms with Crippen molar-refractivity contribution in [3.8, 4) is 17.2 Å². The normalized spacial score (nSPS) is 17.6. The number of nitrogens with zero attached hydrogens (tertiary/aromatic N) is 3. The van der Waals surface area contributed by atoms with Gasteiger partial charge < -0.3 is 43.1 Å². The first-order valence-corrected chi connectivity index (χ1v) is 28.8. The topological polar surface area (TPSA) is 116 Å². The highest BCUT2D eigenvalue weighted by Gasteiger charge is 2.37. The van der Waals surface area contributed by atoms with Crippen molar-refractivity contribution in [2.24, 2.45) is 0 Å². The van der Waals surface area contributed by atoms with Crippen molar-refractivity contribution in [3.63, 3.8) is 0 Å². The minimum Gasteiger partial charge on any atom is -0.489 e. The fraction of sp³-hybridized carbons (Fsp3) is 0.219. The lowest BCUT2D eigenvalue weighted by molar-refractivity contribution is -0.163. The molecule has 3 amide bonds. The van der Waals surface area contributed by atoms with Gasteiger partial charge in [0.15, 0.2) is 0 Å². The average molecular weight is 1130 g/mol. The zero-order valence-electron chi connectivity index (χ0n) is 47.9. The van der Waals surface area contributed by atoms with E-state index in [1.54, 1.807) is 0 Å². The summed E-state index contributed by atoms with van der Waals surface area (Å²) in [6.07, 6.45) is -0.272. The van der Waals surface area contributed by atoms with Crippen LogP contribution in [0.25, 0.3) is 0 Å². The molecule has 3 heterocycles. The number of ether oxygens (including phenoxy) is 6. The number of carbonyl (C=O) groups is 3. The summed E-state index contributed by atoms with van der Waals surface area (Å²) in [7, 11) is 0. The van der Waals surface area contributed by atoms with Gasteiger partial charge in [0.05, 0.1) is 19.6 Å². The largest absolute Gasteiger partial charge is 0.489 e. The van der Waals surface area contributed by atoms with Crippen LogP contribution in [0.4, 0.5) is 0 Å². The molecule has 12 nitrogen and oxygen atoms in total. The summed E-state index contributed by atoms with van der Waals surface area (Å²) in [5, 5.41) is 0. The quantitative estimate of drug-likeness (QED) is 0.0828. The average Bonchev–Trinajstić information content (AvgIpc) is 3.67. The van der Waals surface area contributed by atoms with Crippen molar-refractivity contribution in [3.05, 3.63) is 305 Å². The Balaban J connectivity index is 0.000000142.